The van der Waals surface area contributed by atoms with Gasteiger partial charge in [-0.2, -0.15) is 0 Å². The molecule has 0 aliphatic carbocycles. The largest absolute Gasteiger partial charge is 0.497 e. The molecule has 1 aliphatic rings. The number of Topliss-reactive ketones (excluding diaryl/α,β-unsaturated/α-hetero) is 4. The third-order valence-electron chi connectivity index (χ3n) is 21.1. The minimum absolute atomic E-state index is 0.0416. The van der Waals surface area contributed by atoms with Gasteiger partial charge in [-0.05, 0) is 128 Å². The zero-order valence-corrected chi connectivity index (χ0v) is 75.3. The number of carbonyl (C=O) groups excluding carboxylic acids is 4. The molecule has 0 unspecified atom stereocenters. The normalized spacial score (nSPS) is 12.2. The van der Waals surface area contributed by atoms with Crippen LogP contribution in [0.15, 0.2) is 286 Å². The Morgan fingerprint density at radius 3 is 1.27 bits per heavy atom. The first kappa shape index (κ1) is 92.4. The Bertz CT molecular complexity index is 7820. The van der Waals surface area contributed by atoms with Gasteiger partial charge in [-0.15, -0.1) is 5.10 Å². The lowest BCUT2D eigenvalue weighted by Crippen LogP contribution is -2.18. The van der Waals surface area contributed by atoms with Crippen molar-refractivity contribution in [1.29, 1.82) is 0 Å². The number of ether oxygens (including phenoxy) is 1. The Morgan fingerprint density at radius 2 is 0.848 bits per heavy atom. The predicted octanol–water partition coefficient (Wildman–Crippen LogP) is 15.4. The van der Waals surface area contributed by atoms with Crippen LogP contribution in [0.3, 0.4) is 0 Å². The molecule has 18 rings (SSSR count). The summed E-state index contributed by atoms with van der Waals surface area (Å²) in [6.45, 7) is 8.56. The molecule has 0 amide bonds. The fourth-order valence-corrected chi connectivity index (χ4v) is 21.5. The molecule has 0 radical (unpaired) electrons. The lowest BCUT2D eigenvalue weighted by Gasteiger charge is -2.09. The van der Waals surface area contributed by atoms with Gasteiger partial charge in [0.1, 0.15) is 69.3 Å². The van der Waals surface area contributed by atoms with Gasteiger partial charge in [-0.3, -0.25) is 24.2 Å². The number of aryl methyl sites for hydroxylation is 4. The summed E-state index contributed by atoms with van der Waals surface area (Å²) in [5.74, 6) is -4.05. The molecule has 132 heavy (non-hydrogen) atoms. The number of ketones is 4. The average molecular weight is 1880 g/mol. The molecule has 17 aromatic rings. The number of halogens is 4. The second-order valence-corrected chi connectivity index (χ2v) is 39.7. The van der Waals surface area contributed by atoms with Crippen LogP contribution < -0.4 is 4.74 Å². The van der Waals surface area contributed by atoms with Crippen molar-refractivity contribution in [3.63, 3.8) is 0 Å². The SMILES string of the molecule is COc1cccc(Cn2cc(S(=O)(=O)CC(=O)Cc3cc(C)on3)c3ccccc32)c1.Cc1cc(CC(=O)CS(=O)(=O)c2cn(Cc3cc(C4=CCN=C4)ccc3F)c3ccccc23)no1.Cc1cc(CC(=O)CS(=O)(=O)c2cn(Cc3cccc(-n4ccnn4)c3)c3cc(F)cc(F)c23)no1.Cc1cc(CC(=O)CS(=O)(=O)c2cn(Cc3cccc(Cl)c3)c3ccccc23)no1. The van der Waals surface area contributed by atoms with E-state index in [9.17, 15) is 66.0 Å². The quantitative estimate of drug-likeness (QED) is 0.0389. The molecule has 676 valence electrons. The highest BCUT2D eigenvalue weighted by atomic mass is 35.5. The van der Waals surface area contributed by atoms with E-state index in [0.29, 0.717) is 109 Å². The molecular weight excluding hydrogens is 1800 g/mol. The monoisotopic (exact) mass is 1880 g/mol. The number of methoxy groups -OCH3 is 1. The molecule has 1 aliphatic heterocycles. The summed E-state index contributed by atoms with van der Waals surface area (Å²) < 4.78 is 182. The topological polar surface area (TPSA) is 381 Å². The van der Waals surface area contributed by atoms with Crippen molar-refractivity contribution in [2.75, 3.05) is 36.7 Å². The lowest BCUT2D eigenvalue weighted by molar-refractivity contribution is -0.117. The van der Waals surface area contributed by atoms with Gasteiger partial charge in [0.15, 0.2) is 62.5 Å². The van der Waals surface area contributed by atoms with Gasteiger partial charge < -0.3 is 41.1 Å². The van der Waals surface area contributed by atoms with Gasteiger partial charge in [0.05, 0.1) is 117 Å². The number of para-hydroxylation sites is 3. The van der Waals surface area contributed by atoms with Crippen LogP contribution in [0.1, 0.15) is 73.6 Å². The fraction of sp³-hybridized carbons (Fsp3) is 0.189. The van der Waals surface area contributed by atoms with E-state index < -0.39 is 97.1 Å². The standard InChI is InChI=1S/C26H22FN3O4S.C24H19F2N5O4S.C23H22N2O5S.C22H19ClN2O4S/c1-17-10-21(29-34-17)12-22(31)16-35(32,33)26-15-30(25-5-3-2-4-23(25)26)14-20-11-18(6-7-24(20)27)19-8-9-28-13-19;1-15-7-18(28-35-15)11-20(32)14-36(33,34)23-13-30(22-10-17(25)9-21(26)24(22)23)12-16-3-2-4-19(8-16)31-6-5-27-29-31;1-16-10-18(24-30-16)12-19(26)15-31(27,28)23-14-25(22-9-4-3-8-21(22)23)13-17-6-5-7-20(11-17)29-2;1-15-9-18(24-29-15)11-19(26)14-30(27,28)22-13-25(21-8-3-2-7-20(21)22)12-16-5-4-6-17(23)10-16/h2-8,10-11,13,15H,9,12,14,16H2,1H3;2-10,13H,11-12,14H2,1H3;3-11,14H,12-13,15H2,1-2H3;2-10,13H,11-12,14H2,1H3. The van der Waals surface area contributed by atoms with E-state index in [1.807, 2.05) is 88.0 Å². The van der Waals surface area contributed by atoms with Crippen LogP contribution >= 0.6 is 11.6 Å². The van der Waals surface area contributed by atoms with Crippen LogP contribution in [0.25, 0.3) is 54.9 Å². The number of aromatic nitrogens is 11. The summed E-state index contributed by atoms with van der Waals surface area (Å²) in [5.41, 5.74) is 9.34. The summed E-state index contributed by atoms with van der Waals surface area (Å²) in [5, 5.41) is 24.7. The van der Waals surface area contributed by atoms with Crippen molar-refractivity contribution in [1.82, 2.24) is 53.9 Å². The number of sulfone groups is 4. The Kier molecular flexibility index (Phi) is 27.7. The first-order chi connectivity index (χ1) is 63.2. The van der Waals surface area contributed by atoms with Gasteiger partial charge in [-0.25, -0.2) is 51.5 Å². The highest BCUT2D eigenvalue weighted by Gasteiger charge is 2.32. The van der Waals surface area contributed by atoms with Crippen LogP contribution in [-0.4, -0.2) is 154 Å². The molecule has 29 nitrogen and oxygen atoms in total. The smallest absolute Gasteiger partial charge is 0.187 e. The zero-order chi connectivity index (χ0) is 93.3. The Balaban J connectivity index is 0.000000135. The van der Waals surface area contributed by atoms with Crippen molar-refractivity contribution in [2.24, 2.45) is 4.99 Å². The summed E-state index contributed by atoms with van der Waals surface area (Å²) in [7, 11) is -14.3. The van der Waals surface area contributed by atoms with Gasteiger partial charge in [0.2, 0.25) is 0 Å². The van der Waals surface area contributed by atoms with Crippen molar-refractivity contribution in [3.05, 3.63) is 340 Å². The van der Waals surface area contributed by atoms with E-state index in [1.165, 1.54) is 35.3 Å². The molecule has 0 atom stereocenters. The molecule has 0 fully saturated rings. The van der Waals surface area contributed by atoms with Crippen LogP contribution in [0.2, 0.25) is 5.02 Å². The summed E-state index contributed by atoms with van der Waals surface area (Å²) >= 11 is 6.08. The zero-order valence-electron chi connectivity index (χ0n) is 71.3. The Morgan fingerprint density at radius 1 is 0.432 bits per heavy atom. The highest BCUT2D eigenvalue weighted by Crippen LogP contribution is 2.35. The number of rotatable bonds is 31. The summed E-state index contributed by atoms with van der Waals surface area (Å²) in [4.78, 5) is 54.0. The third-order valence-corrected chi connectivity index (χ3v) is 28.1. The van der Waals surface area contributed by atoms with Crippen LogP contribution in [-0.2, 0) is 110 Å². The number of nitrogens with zero attached hydrogens (tertiary/aromatic N) is 12. The maximum atomic E-state index is 14.9. The van der Waals surface area contributed by atoms with Crippen molar-refractivity contribution >= 4 is 129 Å². The van der Waals surface area contributed by atoms with E-state index in [1.54, 1.807) is 172 Å². The molecule has 0 bridgehead atoms. The van der Waals surface area contributed by atoms with E-state index >= 15 is 0 Å². The second-order valence-electron chi connectivity index (χ2n) is 31.4. The maximum absolute atomic E-state index is 14.9. The Hall–Kier alpha value is -14.3. The predicted molar refractivity (Wildman–Crippen MR) is 486 cm³/mol. The number of fused-ring (bicyclic) bond motifs is 4. The fourth-order valence-electron chi connectivity index (χ4n) is 15.4. The molecule has 9 aromatic heterocycles. The Labute approximate surface area is 759 Å². The molecule has 37 heteroatoms. The first-order valence-electron chi connectivity index (χ1n) is 40.9. The second kappa shape index (κ2) is 39.5. The molecule has 0 N–H and O–H groups in total. The van der Waals surface area contributed by atoms with E-state index in [4.69, 9.17) is 34.4 Å². The molecule has 10 heterocycles. The van der Waals surface area contributed by atoms with Gasteiger partial charge in [-0.1, -0.05) is 141 Å². The average Bonchev–Trinajstić information content (AvgIpc) is 1.61. The summed E-state index contributed by atoms with van der Waals surface area (Å²) in [6.07, 6.45) is 12.3. The lowest BCUT2D eigenvalue weighted by atomic mass is 10.0. The van der Waals surface area contributed by atoms with E-state index in [0.717, 1.165) is 50.7 Å². The van der Waals surface area contributed by atoms with E-state index in [-0.39, 0.29) is 75.1 Å². The van der Waals surface area contributed by atoms with Crippen LogP contribution in [0.4, 0.5) is 13.2 Å². The van der Waals surface area contributed by atoms with Crippen LogP contribution in [0.5, 0.6) is 5.75 Å². The molecule has 0 saturated carbocycles. The summed E-state index contributed by atoms with van der Waals surface area (Å²) in [6, 6.07) is 56.7. The van der Waals surface area contributed by atoms with Crippen molar-refractivity contribution < 1.29 is 88.8 Å². The molecule has 0 saturated heterocycles. The highest BCUT2D eigenvalue weighted by molar-refractivity contribution is 7.93. The number of aliphatic imine (C=N–C) groups is 1. The number of hydrogen-bond donors (Lipinski definition) is 0. The van der Waals surface area contributed by atoms with Gasteiger partial charge in [0, 0.05) is 124 Å². The molecule has 8 aromatic carbocycles. The van der Waals surface area contributed by atoms with Crippen molar-refractivity contribution in [3.8, 4) is 11.4 Å². The van der Waals surface area contributed by atoms with Gasteiger partial charge in [0.25, 0.3) is 0 Å². The molecular formula is C95H82ClF3N12O17S4. The number of carbonyl (C=O) groups is 4. The number of benzene rings is 8. The molecule has 0 spiro atoms. The van der Waals surface area contributed by atoms with E-state index in [2.05, 4.69) is 35.9 Å². The maximum Gasteiger partial charge on any atom is 0.187 e. The van der Waals surface area contributed by atoms with Gasteiger partial charge >= 0.3 is 0 Å². The van der Waals surface area contributed by atoms with Crippen LogP contribution in [0, 0.1) is 45.1 Å². The first-order valence-corrected chi connectivity index (χ1v) is 47.9. The third kappa shape index (κ3) is 22.2. The number of hydrogen-bond acceptors (Lipinski definition) is 24. The number of allylic oxidation sites excluding steroid dienone is 1. The minimum atomic E-state index is -4.26. The minimum Gasteiger partial charge on any atom is -0.497 e. The van der Waals surface area contributed by atoms with Crippen molar-refractivity contribution in [2.45, 2.75) is 99.1 Å².